The van der Waals surface area contributed by atoms with Crippen LogP contribution >= 0.6 is 0 Å². The maximum absolute atomic E-state index is 9.69. The van der Waals surface area contributed by atoms with Gasteiger partial charge in [0.25, 0.3) is 0 Å². The topological polar surface area (TPSA) is 50.1 Å². The maximum Gasteiger partial charge on any atom is 0.0841 e. The van der Waals surface area contributed by atoms with Gasteiger partial charge >= 0.3 is 0 Å². The second-order valence-corrected chi connectivity index (χ2v) is 6.40. The number of aliphatic hydroxyl groups excluding tert-OH is 1. The van der Waals surface area contributed by atoms with Crippen molar-refractivity contribution >= 4 is 10.9 Å². The van der Waals surface area contributed by atoms with Crippen molar-refractivity contribution in [3.63, 3.8) is 0 Å². The Bertz CT molecular complexity index is 810. The molecule has 0 saturated heterocycles. The summed E-state index contributed by atoms with van der Waals surface area (Å²) in [6.45, 7) is 3.79. The van der Waals surface area contributed by atoms with E-state index in [0.717, 1.165) is 24.2 Å². The van der Waals surface area contributed by atoms with Crippen molar-refractivity contribution in [2.75, 3.05) is 13.2 Å². The molecule has 0 spiro atoms. The molecule has 1 unspecified atom stereocenters. The normalized spacial score (nSPS) is 12.6. The van der Waals surface area contributed by atoms with Crippen LogP contribution in [0, 0.1) is 12.8 Å². The van der Waals surface area contributed by atoms with E-state index in [9.17, 15) is 5.11 Å². The fourth-order valence-electron chi connectivity index (χ4n) is 3.17. The third kappa shape index (κ3) is 3.66. The lowest BCUT2D eigenvalue weighted by atomic mass is 9.96. The van der Waals surface area contributed by atoms with Crippen molar-refractivity contribution in [3.8, 4) is 0 Å². The van der Waals surface area contributed by atoms with Crippen LogP contribution < -0.4 is 5.32 Å². The molecule has 1 aromatic heterocycles. The minimum Gasteiger partial charge on any atom is -0.396 e. The molecule has 0 fully saturated rings. The van der Waals surface area contributed by atoms with Crippen LogP contribution in [0.25, 0.3) is 10.9 Å². The molecule has 4 nitrogen and oxygen atoms in total. The summed E-state index contributed by atoms with van der Waals surface area (Å²) >= 11 is 0. The molecule has 3 aromatic rings. The van der Waals surface area contributed by atoms with Gasteiger partial charge in [-0.25, -0.2) is 0 Å². The Labute approximate surface area is 143 Å². The standard InChI is InChI=1S/C20H25N3O/c1-15-7-3-4-8-17(15)11-16(14-24)12-21-13-19-18-9-5-6-10-20(18)23(2)22-19/h3-10,16,21,24H,11-14H2,1-2H3. The Morgan fingerprint density at radius 1 is 1.12 bits per heavy atom. The highest BCUT2D eigenvalue weighted by Crippen LogP contribution is 2.17. The number of para-hydroxylation sites is 1. The van der Waals surface area contributed by atoms with Crippen LogP contribution in [-0.2, 0) is 20.0 Å². The van der Waals surface area contributed by atoms with Crippen LogP contribution in [0.2, 0.25) is 0 Å². The number of aryl methyl sites for hydroxylation is 2. The molecule has 0 bridgehead atoms. The van der Waals surface area contributed by atoms with Gasteiger partial charge in [0.1, 0.15) is 0 Å². The predicted molar refractivity (Wildman–Crippen MR) is 97.9 cm³/mol. The molecule has 3 rings (SSSR count). The predicted octanol–water partition coefficient (Wildman–Crippen LogP) is 2.82. The molecular weight excluding hydrogens is 298 g/mol. The van der Waals surface area contributed by atoms with Gasteiger partial charge in [-0.2, -0.15) is 5.10 Å². The second kappa shape index (κ2) is 7.60. The van der Waals surface area contributed by atoms with Gasteiger partial charge in [-0.05, 0) is 36.5 Å². The molecule has 126 valence electrons. The van der Waals surface area contributed by atoms with E-state index in [0.29, 0.717) is 6.54 Å². The van der Waals surface area contributed by atoms with Gasteiger partial charge in [-0.3, -0.25) is 4.68 Å². The van der Waals surface area contributed by atoms with E-state index in [2.05, 4.69) is 53.7 Å². The summed E-state index contributed by atoms with van der Waals surface area (Å²) in [6, 6.07) is 16.6. The highest BCUT2D eigenvalue weighted by molar-refractivity contribution is 5.81. The first-order valence-electron chi connectivity index (χ1n) is 8.45. The van der Waals surface area contributed by atoms with Crippen LogP contribution in [0.15, 0.2) is 48.5 Å². The highest BCUT2D eigenvalue weighted by atomic mass is 16.3. The molecule has 0 aliphatic carbocycles. The zero-order valence-corrected chi connectivity index (χ0v) is 14.4. The summed E-state index contributed by atoms with van der Waals surface area (Å²) in [5.41, 5.74) is 4.79. The molecule has 0 aliphatic heterocycles. The van der Waals surface area contributed by atoms with Gasteiger partial charge in [-0.15, -0.1) is 0 Å². The Morgan fingerprint density at radius 2 is 1.88 bits per heavy atom. The maximum atomic E-state index is 9.69. The second-order valence-electron chi connectivity index (χ2n) is 6.40. The van der Waals surface area contributed by atoms with E-state index in [1.54, 1.807) is 0 Å². The van der Waals surface area contributed by atoms with Crippen LogP contribution in [-0.4, -0.2) is 28.0 Å². The minimum atomic E-state index is 0.185. The quantitative estimate of drug-likeness (QED) is 0.703. The molecular formula is C20H25N3O. The molecule has 0 aliphatic rings. The third-order valence-corrected chi connectivity index (χ3v) is 4.59. The number of nitrogens with one attached hydrogen (secondary N) is 1. The number of hydrogen-bond donors (Lipinski definition) is 2. The van der Waals surface area contributed by atoms with E-state index in [-0.39, 0.29) is 12.5 Å². The Morgan fingerprint density at radius 3 is 2.67 bits per heavy atom. The first-order valence-corrected chi connectivity index (χ1v) is 8.45. The summed E-state index contributed by atoms with van der Waals surface area (Å²) in [6.07, 6.45) is 0.888. The minimum absolute atomic E-state index is 0.185. The van der Waals surface area contributed by atoms with Gasteiger partial charge in [0.05, 0.1) is 11.2 Å². The SMILES string of the molecule is Cc1ccccc1CC(CO)CNCc1nn(C)c2ccccc12. The molecule has 4 heteroatoms. The molecule has 0 radical (unpaired) electrons. The van der Waals surface area contributed by atoms with Crippen molar-refractivity contribution in [3.05, 3.63) is 65.4 Å². The van der Waals surface area contributed by atoms with Crippen LogP contribution in [0.4, 0.5) is 0 Å². The summed E-state index contributed by atoms with van der Waals surface area (Å²) in [5, 5.41) is 18.9. The first-order chi connectivity index (χ1) is 11.7. The molecule has 1 heterocycles. The Balaban J connectivity index is 1.61. The van der Waals surface area contributed by atoms with Gasteiger partial charge in [-0.1, -0.05) is 42.5 Å². The highest BCUT2D eigenvalue weighted by Gasteiger charge is 2.12. The average Bonchev–Trinajstić information content (AvgIpc) is 2.92. The van der Waals surface area contributed by atoms with E-state index in [4.69, 9.17) is 0 Å². The Kier molecular flexibility index (Phi) is 5.28. The number of aromatic nitrogens is 2. The molecule has 2 aromatic carbocycles. The monoisotopic (exact) mass is 323 g/mol. The van der Waals surface area contributed by atoms with Gasteiger partial charge in [0, 0.05) is 32.1 Å². The van der Waals surface area contributed by atoms with Gasteiger partial charge in [0.2, 0.25) is 0 Å². The number of aliphatic hydroxyl groups is 1. The number of rotatable bonds is 7. The van der Waals surface area contributed by atoms with Crippen LogP contribution in [0.3, 0.4) is 0 Å². The summed E-state index contributed by atoms with van der Waals surface area (Å²) in [5.74, 6) is 0.209. The van der Waals surface area contributed by atoms with Crippen LogP contribution in [0.5, 0.6) is 0 Å². The largest absolute Gasteiger partial charge is 0.396 e. The van der Waals surface area contributed by atoms with Gasteiger partial charge < -0.3 is 10.4 Å². The van der Waals surface area contributed by atoms with Gasteiger partial charge in [0.15, 0.2) is 0 Å². The molecule has 0 amide bonds. The third-order valence-electron chi connectivity index (χ3n) is 4.59. The smallest absolute Gasteiger partial charge is 0.0841 e. The van der Waals surface area contributed by atoms with E-state index in [1.807, 2.05) is 23.9 Å². The fourth-order valence-corrected chi connectivity index (χ4v) is 3.17. The zero-order chi connectivity index (χ0) is 16.9. The first kappa shape index (κ1) is 16.7. The van der Waals surface area contributed by atoms with Crippen molar-refractivity contribution in [1.82, 2.24) is 15.1 Å². The zero-order valence-electron chi connectivity index (χ0n) is 14.4. The molecule has 24 heavy (non-hydrogen) atoms. The lowest BCUT2D eigenvalue weighted by Crippen LogP contribution is -2.27. The average molecular weight is 323 g/mol. The van der Waals surface area contributed by atoms with Crippen molar-refractivity contribution in [1.29, 1.82) is 0 Å². The summed E-state index contributed by atoms with van der Waals surface area (Å²) in [4.78, 5) is 0. The fraction of sp³-hybridized carbons (Fsp3) is 0.350. The van der Waals surface area contributed by atoms with E-state index >= 15 is 0 Å². The van der Waals surface area contributed by atoms with Crippen LogP contribution in [0.1, 0.15) is 16.8 Å². The number of fused-ring (bicyclic) bond motifs is 1. The van der Waals surface area contributed by atoms with E-state index < -0.39 is 0 Å². The number of nitrogens with zero attached hydrogens (tertiary/aromatic N) is 2. The van der Waals surface area contributed by atoms with E-state index in [1.165, 1.54) is 16.5 Å². The summed E-state index contributed by atoms with van der Waals surface area (Å²) < 4.78 is 1.92. The van der Waals surface area contributed by atoms with Crippen molar-refractivity contribution in [2.24, 2.45) is 13.0 Å². The summed E-state index contributed by atoms with van der Waals surface area (Å²) in [7, 11) is 1.97. The lowest BCUT2D eigenvalue weighted by Gasteiger charge is -2.16. The Hall–Kier alpha value is -2.17. The molecule has 0 saturated carbocycles. The molecule has 1 atom stereocenters. The van der Waals surface area contributed by atoms with Crippen molar-refractivity contribution < 1.29 is 5.11 Å². The van der Waals surface area contributed by atoms with Crippen molar-refractivity contribution in [2.45, 2.75) is 19.9 Å². The lowest BCUT2D eigenvalue weighted by molar-refractivity contribution is 0.221. The molecule has 2 N–H and O–H groups in total. The number of hydrogen-bond acceptors (Lipinski definition) is 3. The number of benzene rings is 2.